The van der Waals surface area contributed by atoms with Gasteiger partial charge in [0.25, 0.3) is 0 Å². The molecular formula is C15H13F3N6O3. The molecule has 3 rings (SSSR count). The average molecular weight is 382 g/mol. The fourth-order valence-electron chi connectivity index (χ4n) is 2.07. The number of carbonyl (C=O) groups is 1. The highest BCUT2D eigenvalue weighted by atomic mass is 19.4. The number of H-pyrrole nitrogens is 1. The van der Waals surface area contributed by atoms with Crippen LogP contribution in [-0.2, 0) is 17.4 Å². The van der Waals surface area contributed by atoms with E-state index in [0.29, 0.717) is 17.1 Å². The van der Waals surface area contributed by atoms with Gasteiger partial charge in [0.1, 0.15) is 5.75 Å². The minimum atomic E-state index is -4.67. The monoisotopic (exact) mass is 382 g/mol. The van der Waals surface area contributed by atoms with Crippen LogP contribution in [0.15, 0.2) is 28.8 Å². The van der Waals surface area contributed by atoms with E-state index in [1.807, 2.05) is 0 Å². The molecule has 9 nitrogen and oxygen atoms in total. The number of rotatable bonds is 6. The van der Waals surface area contributed by atoms with Crippen molar-refractivity contribution in [2.75, 3.05) is 12.4 Å². The molecule has 0 saturated carbocycles. The van der Waals surface area contributed by atoms with E-state index >= 15 is 0 Å². The Hall–Kier alpha value is -3.44. The van der Waals surface area contributed by atoms with Gasteiger partial charge in [0.05, 0.1) is 7.11 Å². The first-order chi connectivity index (χ1) is 12.8. The first kappa shape index (κ1) is 18.4. The maximum Gasteiger partial charge on any atom is 0.451 e. The molecule has 0 atom stereocenters. The number of aromatic nitrogens is 5. The van der Waals surface area contributed by atoms with Crippen molar-refractivity contribution in [2.24, 2.45) is 0 Å². The number of methoxy groups -OCH3 is 1. The van der Waals surface area contributed by atoms with Crippen molar-refractivity contribution in [2.45, 2.75) is 19.0 Å². The summed E-state index contributed by atoms with van der Waals surface area (Å²) in [6.07, 6.45) is -4.66. The van der Waals surface area contributed by atoms with E-state index in [1.54, 1.807) is 36.5 Å². The number of hydrogen-bond acceptors (Lipinski definition) is 7. The average Bonchev–Trinajstić information content (AvgIpc) is 3.29. The van der Waals surface area contributed by atoms with Crippen LogP contribution in [0.5, 0.6) is 5.75 Å². The normalized spacial score (nSPS) is 11.4. The van der Waals surface area contributed by atoms with Crippen LogP contribution in [0.25, 0.3) is 11.4 Å². The highest BCUT2D eigenvalue weighted by Gasteiger charge is 2.35. The van der Waals surface area contributed by atoms with Crippen LogP contribution < -0.4 is 10.1 Å². The van der Waals surface area contributed by atoms with E-state index in [0.717, 1.165) is 0 Å². The molecule has 27 heavy (non-hydrogen) atoms. The number of nitrogens with one attached hydrogen (secondary N) is 2. The lowest BCUT2D eigenvalue weighted by atomic mass is 10.2. The summed E-state index contributed by atoms with van der Waals surface area (Å²) < 4.78 is 47.4. The summed E-state index contributed by atoms with van der Waals surface area (Å²) in [4.78, 5) is 19.1. The SMILES string of the molecule is COc1ccc(-c2noc(CCC(=O)Nc3n[nH]c(C(F)(F)F)n3)n2)cc1. The first-order valence-corrected chi connectivity index (χ1v) is 7.61. The van der Waals surface area contributed by atoms with E-state index in [-0.39, 0.29) is 18.7 Å². The molecule has 0 aliphatic heterocycles. The number of amides is 1. The quantitative estimate of drug-likeness (QED) is 0.672. The van der Waals surface area contributed by atoms with Crippen LogP contribution in [0.2, 0.25) is 0 Å². The number of aromatic amines is 1. The molecule has 0 aliphatic rings. The molecule has 142 valence electrons. The van der Waals surface area contributed by atoms with E-state index in [1.165, 1.54) is 0 Å². The zero-order valence-electron chi connectivity index (χ0n) is 13.9. The molecule has 3 aromatic rings. The Labute approximate surface area is 149 Å². The Morgan fingerprint density at radius 1 is 1.26 bits per heavy atom. The van der Waals surface area contributed by atoms with Crippen molar-refractivity contribution in [3.05, 3.63) is 36.0 Å². The second-order valence-corrected chi connectivity index (χ2v) is 5.29. The molecule has 0 fully saturated rings. The number of hydrogen-bond donors (Lipinski definition) is 2. The van der Waals surface area contributed by atoms with Gasteiger partial charge in [-0.2, -0.15) is 23.1 Å². The van der Waals surface area contributed by atoms with Crippen molar-refractivity contribution in [3.63, 3.8) is 0 Å². The lowest BCUT2D eigenvalue weighted by Gasteiger charge is -2.00. The Bertz CT molecular complexity index is 920. The van der Waals surface area contributed by atoms with Gasteiger partial charge in [-0.3, -0.25) is 15.2 Å². The van der Waals surface area contributed by atoms with Crippen molar-refractivity contribution in [3.8, 4) is 17.1 Å². The van der Waals surface area contributed by atoms with Crippen LogP contribution >= 0.6 is 0 Å². The molecule has 12 heteroatoms. The Morgan fingerprint density at radius 3 is 2.63 bits per heavy atom. The number of aryl methyl sites for hydroxylation is 1. The topological polar surface area (TPSA) is 119 Å². The van der Waals surface area contributed by atoms with Gasteiger partial charge >= 0.3 is 6.18 Å². The van der Waals surface area contributed by atoms with E-state index in [4.69, 9.17) is 9.26 Å². The molecule has 0 aliphatic carbocycles. The van der Waals surface area contributed by atoms with Crippen molar-refractivity contribution in [1.82, 2.24) is 25.3 Å². The van der Waals surface area contributed by atoms with E-state index in [9.17, 15) is 18.0 Å². The highest BCUT2D eigenvalue weighted by Crippen LogP contribution is 2.26. The lowest BCUT2D eigenvalue weighted by molar-refractivity contribution is -0.144. The standard InChI is InChI=1S/C15H13F3N6O3/c1-26-9-4-2-8(3-5-9)12-20-11(27-24-12)7-6-10(25)19-14-21-13(22-23-14)15(16,17)18/h2-5H,6-7H2,1H3,(H2,19,21,22,23,25). The maximum atomic E-state index is 12.4. The lowest BCUT2D eigenvalue weighted by Crippen LogP contribution is -2.14. The molecule has 2 aromatic heterocycles. The van der Waals surface area contributed by atoms with Gasteiger partial charge in [0.2, 0.25) is 29.4 Å². The number of nitrogens with zero attached hydrogens (tertiary/aromatic N) is 4. The van der Waals surface area contributed by atoms with Gasteiger partial charge < -0.3 is 9.26 Å². The summed E-state index contributed by atoms with van der Waals surface area (Å²) >= 11 is 0. The van der Waals surface area contributed by atoms with Crippen LogP contribution in [0, 0.1) is 0 Å². The van der Waals surface area contributed by atoms with Gasteiger partial charge in [-0.05, 0) is 24.3 Å². The Morgan fingerprint density at radius 2 is 2.00 bits per heavy atom. The molecule has 0 saturated heterocycles. The summed E-state index contributed by atoms with van der Waals surface area (Å²) in [5, 5.41) is 11.0. The predicted molar refractivity (Wildman–Crippen MR) is 84.6 cm³/mol. The van der Waals surface area contributed by atoms with Gasteiger partial charge in [0, 0.05) is 18.4 Å². The Kier molecular flexibility index (Phi) is 5.05. The van der Waals surface area contributed by atoms with Gasteiger partial charge in [-0.15, -0.1) is 5.10 Å². The fourth-order valence-corrected chi connectivity index (χ4v) is 2.07. The summed E-state index contributed by atoms with van der Waals surface area (Å²) in [5.74, 6) is -1.11. The number of ether oxygens (including phenoxy) is 1. The third kappa shape index (κ3) is 4.59. The molecule has 2 heterocycles. The minimum absolute atomic E-state index is 0.0971. The molecule has 0 spiro atoms. The van der Waals surface area contributed by atoms with Gasteiger partial charge in [0.15, 0.2) is 0 Å². The van der Waals surface area contributed by atoms with E-state index in [2.05, 4.69) is 25.5 Å². The van der Waals surface area contributed by atoms with Crippen LogP contribution in [0.1, 0.15) is 18.1 Å². The summed E-state index contributed by atoms with van der Waals surface area (Å²) in [5.41, 5.74) is 0.704. The number of benzene rings is 1. The summed E-state index contributed by atoms with van der Waals surface area (Å²) in [6, 6.07) is 6.99. The third-order valence-corrected chi connectivity index (χ3v) is 3.39. The second kappa shape index (κ2) is 7.43. The van der Waals surface area contributed by atoms with Crippen molar-refractivity contribution < 1.29 is 27.2 Å². The molecule has 0 radical (unpaired) electrons. The van der Waals surface area contributed by atoms with Gasteiger partial charge in [-0.1, -0.05) is 5.16 Å². The molecule has 1 amide bonds. The van der Waals surface area contributed by atoms with Crippen LogP contribution in [-0.4, -0.2) is 38.3 Å². The number of halogens is 3. The summed E-state index contributed by atoms with van der Waals surface area (Å²) in [7, 11) is 1.55. The zero-order valence-corrected chi connectivity index (χ0v) is 13.9. The molecule has 0 bridgehead atoms. The molecule has 1 aromatic carbocycles. The predicted octanol–water partition coefficient (Wildman–Crippen LogP) is 2.45. The molecular weight excluding hydrogens is 369 g/mol. The smallest absolute Gasteiger partial charge is 0.451 e. The number of carbonyl (C=O) groups excluding carboxylic acids is 1. The van der Waals surface area contributed by atoms with Crippen molar-refractivity contribution >= 4 is 11.9 Å². The van der Waals surface area contributed by atoms with Crippen LogP contribution in [0.4, 0.5) is 19.1 Å². The van der Waals surface area contributed by atoms with Gasteiger partial charge in [-0.25, -0.2) is 0 Å². The Balaban J connectivity index is 1.54. The maximum absolute atomic E-state index is 12.4. The fraction of sp³-hybridized carbons (Fsp3) is 0.267. The van der Waals surface area contributed by atoms with Crippen molar-refractivity contribution in [1.29, 1.82) is 0 Å². The number of anilines is 1. The van der Waals surface area contributed by atoms with E-state index < -0.39 is 23.9 Å². The highest BCUT2D eigenvalue weighted by molar-refractivity contribution is 5.88. The molecule has 2 N–H and O–H groups in total. The first-order valence-electron chi connectivity index (χ1n) is 7.61. The zero-order chi connectivity index (χ0) is 19.4. The number of alkyl halides is 3. The second-order valence-electron chi connectivity index (χ2n) is 5.29. The molecule has 0 unspecified atom stereocenters. The third-order valence-electron chi connectivity index (χ3n) is 3.39. The largest absolute Gasteiger partial charge is 0.497 e. The minimum Gasteiger partial charge on any atom is -0.497 e. The summed E-state index contributed by atoms with van der Waals surface area (Å²) in [6.45, 7) is 0. The van der Waals surface area contributed by atoms with Crippen LogP contribution in [0.3, 0.4) is 0 Å².